The van der Waals surface area contributed by atoms with E-state index in [2.05, 4.69) is 11.8 Å². The SMILES string of the molecule is CCCC[C@H]1C(=O)N(C)CCN1C(=O)c1ccc(N2CCOCC2)cc1. The largest absolute Gasteiger partial charge is 0.378 e. The molecule has 0 unspecified atom stereocenters. The lowest BCUT2D eigenvalue weighted by atomic mass is 10.0. The first-order valence-corrected chi connectivity index (χ1v) is 9.60. The summed E-state index contributed by atoms with van der Waals surface area (Å²) in [6, 6.07) is 7.43. The highest BCUT2D eigenvalue weighted by Gasteiger charge is 2.35. The molecule has 26 heavy (non-hydrogen) atoms. The normalized spacial score (nSPS) is 21.2. The van der Waals surface area contributed by atoms with Crippen molar-refractivity contribution in [1.29, 1.82) is 0 Å². The molecule has 3 rings (SSSR count). The lowest BCUT2D eigenvalue weighted by Gasteiger charge is -2.39. The van der Waals surface area contributed by atoms with E-state index in [1.165, 1.54) is 0 Å². The smallest absolute Gasteiger partial charge is 0.254 e. The summed E-state index contributed by atoms with van der Waals surface area (Å²) in [5, 5.41) is 0. The molecule has 1 aromatic carbocycles. The third-order valence-electron chi connectivity index (χ3n) is 5.30. The number of carbonyl (C=O) groups is 2. The minimum absolute atomic E-state index is 0.0407. The number of benzene rings is 1. The Morgan fingerprint density at radius 1 is 1.12 bits per heavy atom. The fourth-order valence-electron chi connectivity index (χ4n) is 3.63. The first kappa shape index (κ1) is 18.7. The van der Waals surface area contributed by atoms with E-state index >= 15 is 0 Å². The number of rotatable bonds is 5. The van der Waals surface area contributed by atoms with Gasteiger partial charge in [0.2, 0.25) is 5.91 Å². The predicted octanol–water partition coefficient (Wildman–Crippen LogP) is 2.00. The van der Waals surface area contributed by atoms with Gasteiger partial charge in [0.05, 0.1) is 13.2 Å². The maximum atomic E-state index is 13.0. The Balaban J connectivity index is 1.72. The number of piperazine rings is 1. The zero-order chi connectivity index (χ0) is 18.5. The van der Waals surface area contributed by atoms with Gasteiger partial charge in [0.1, 0.15) is 6.04 Å². The van der Waals surface area contributed by atoms with Crippen LogP contribution in [0.4, 0.5) is 5.69 Å². The first-order valence-electron chi connectivity index (χ1n) is 9.60. The molecule has 142 valence electrons. The summed E-state index contributed by atoms with van der Waals surface area (Å²) < 4.78 is 5.39. The Kier molecular flexibility index (Phi) is 6.14. The monoisotopic (exact) mass is 359 g/mol. The minimum atomic E-state index is -0.333. The van der Waals surface area contributed by atoms with Crippen molar-refractivity contribution in [2.75, 3.05) is 51.3 Å². The van der Waals surface area contributed by atoms with Crippen LogP contribution < -0.4 is 4.90 Å². The summed E-state index contributed by atoms with van der Waals surface area (Å²) in [6.07, 6.45) is 2.70. The molecule has 2 fully saturated rings. The summed E-state index contributed by atoms with van der Waals surface area (Å²) in [5.74, 6) is 0.0177. The molecule has 1 aromatic rings. The minimum Gasteiger partial charge on any atom is -0.378 e. The molecule has 6 nitrogen and oxygen atoms in total. The number of hydrogen-bond donors (Lipinski definition) is 0. The van der Waals surface area contributed by atoms with Crippen molar-refractivity contribution in [3.05, 3.63) is 29.8 Å². The number of amides is 2. The topological polar surface area (TPSA) is 53.1 Å². The van der Waals surface area contributed by atoms with E-state index in [-0.39, 0.29) is 17.9 Å². The third kappa shape index (κ3) is 4.01. The average molecular weight is 359 g/mol. The lowest BCUT2D eigenvalue weighted by molar-refractivity contribution is -0.138. The number of ether oxygens (including phenoxy) is 1. The van der Waals surface area contributed by atoms with Crippen molar-refractivity contribution >= 4 is 17.5 Å². The van der Waals surface area contributed by atoms with Crippen molar-refractivity contribution < 1.29 is 14.3 Å². The molecule has 2 saturated heterocycles. The van der Waals surface area contributed by atoms with Crippen LogP contribution in [0.25, 0.3) is 0 Å². The van der Waals surface area contributed by atoms with Crippen molar-refractivity contribution in [2.45, 2.75) is 32.2 Å². The highest BCUT2D eigenvalue weighted by atomic mass is 16.5. The Labute approximate surface area is 155 Å². The molecule has 1 atom stereocenters. The van der Waals surface area contributed by atoms with Gasteiger partial charge in [-0.3, -0.25) is 9.59 Å². The summed E-state index contributed by atoms with van der Waals surface area (Å²) >= 11 is 0. The number of likely N-dealkylation sites (N-methyl/N-ethyl adjacent to an activating group) is 1. The zero-order valence-electron chi connectivity index (χ0n) is 15.8. The number of nitrogens with zero attached hydrogens (tertiary/aromatic N) is 3. The van der Waals surface area contributed by atoms with Crippen LogP contribution in [0, 0.1) is 0 Å². The van der Waals surface area contributed by atoms with E-state index in [4.69, 9.17) is 4.74 Å². The van der Waals surface area contributed by atoms with Crippen LogP contribution in [-0.4, -0.2) is 74.1 Å². The van der Waals surface area contributed by atoms with Gasteiger partial charge >= 0.3 is 0 Å². The van der Waals surface area contributed by atoms with E-state index in [9.17, 15) is 9.59 Å². The number of morpholine rings is 1. The van der Waals surface area contributed by atoms with Crippen LogP contribution in [0.3, 0.4) is 0 Å². The summed E-state index contributed by atoms with van der Waals surface area (Å²) in [6.45, 7) is 6.53. The highest BCUT2D eigenvalue weighted by Crippen LogP contribution is 2.21. The van der Waals surface area contributed by atoms with Gasteiger partial charge in [0, 0.05) is 44.5 Å². The first-order chi connectivity index (χ1) is 12.6. The second-order valence-electron chi connectivity index (χ2n) is 7.06. The quantitative estimate of drug-likeness (QED) is 0.807. The van der Waals surface area contributed by atoms with Gasteiger partial charge in [-0.15, -0.1) is 0 Å². The Morgan fingerprint density at radius 3 is 2.46 bits per heavy atom. The Bertz CT molecular complexity index is 626. The van der Waals surface area contributed by atoms with Crippen LogP contribution in [0.5, 0.6) is 0 Å². The maximum Gasteiger partial charge on any atom is 0.254 e. The standard InChI is InChI=1S/C20H29N3O3/c1-3-4-5-18-20(25)21(2)10-11-23(18)19(24)16-6-8-17(9-7-16)22-12-14-26-15-13-22/h6-9,18H,3-5,10-15H2,1-2H3/t18-/m0/s1. The van der Waals surface area contributed by atoms with Gasteiger partial charge in [-0.05, 0) is 30.7 Å². The van der Waals surface area contributed by atoms with Crippen molar-refractivity contribution in [3.63, 3.8) is 0 Å². The molecule has 6 heteroatoms. The van der Waals surface area contributed by atoms with Gasteiger partial charge in [0.15, 0.2) is 0 Å². The van der Waals surface area contributed by atoms with Crippen LogP contribution in [-0.2, 0) is 9.53 Å². The van der Waals surface area contributed by atoms with Crippen LogP contribution in [0.1, 0.15) is 36.5 Å². The fourth-order valence-corrected chi connectivity index (χ4v) is 3.63. The van der Waals surface area contributed by atoms with Gasteiger partial charge in [-0.25, -0.2) is 0 Å². The van der Waals surface area contributed by atoms with Crippen LogP contribution in [0.15, 0.2) is 24.3 Å². The van der Waals surface area contributed by atoms with Gasteiger partial charge in [0.25, 0.3) is 5.91 Å². The van der Waals surface area contributed by atoms with Gasteiger partial charge in [-0.1, -0.05) is 19.8 Å². The molecule has 0 spiro atoms. The Hall–Kier alpha value is -2.08. The summed E-state index contributed by atoms with van der Waals surface area (Å²) in [4.78, 5) is 31.4. The molecule has 2 aliphatic rings. The van der Waals surface area contributed by atoms with E-state index in [1.54, 1.807) is 9.80 Å². The number of anilines is 1. The fraction of sp³-hybridized carbons (Fsp3) is 0.600. The predicted molar refractivity (Wildman–Crippen MR) is 101 cm³/mol. The number of unbranched alkanes of at least 4 members (excludes halogenated alkanes) is 1. The zero-order valence-corrected chi connectivity index (χ0v) is 15.8. The van der Waals surface area contributed by atoms with Crippen molar-refractivity contribution in [3.8, 4) is 0 Å². The lowest BCUT2D eigenvalue weighted by Crippen LogP contribution is -2.57. The van der Waals surface area contributed by atoms with E-state index in [0.717, 1.165) is 51.3 Å². The molecule has 0 saturated carbocycles. The summed E-state index contributed by atoms with van der Waals surface area (Å²) in [7, 11) is 1.82. The molecule has 0 N–H and O–H groups in total. The molecule has 0 aliphatic carbocycles. The molecule has 0 radical (unpaired) electrons. The van der Waals surface area contributed by atoms with Gasteiger partial charge in [-0.2, -0.15) is 0 Å². The van der Waals surface area contributed by atoms with Gasteiger partial charge < -0.3 is 19.4 Å². The summed E-state index contributed by atoms with van der Waals surface area (Å²) in [5.41, 5.74) is 1.77. The molecular formula is C20H29N3O3. The second kappa shape index (κ2) is 8.54. The number of hydrogen-bond acceptors (Lipinski definition) is 4. The molecular weight excluding hydrogens is 330 g/mol. The highest BCUT2D eigenvalue weighted by molar-refractivity contribution is 5.98. The Morgan fingerprint density at radius 2 is 1.81 bits per heavy atom. The molecule has 2 amide bonds. The van der Waals surface area contributed by atoms with E-state index in [0.29, 0.717) is 18.7 Å². The molecule has 2 aliphatic heterocycles. The van der Waals surface area contributed by atoms with Crippen molar-refractivity contribution in [2.24, 2.45) is 0 Å². The molecule has 0 aromatic heterocycles. The number of carbonyl (C=O) groups excluding carboxylic acids is 2. The van der Waals surface area contributed by atoms with E-state index < -0.39 is 0 Å². The van der Waals surface area contributed by atoms with Crippen LogP contribution in [0.2, 0.25) is 0 Å². The van der Waals surface area contributed by atoms with Crippen LogP contribution >= 0.6 is 0 Å². The maximum absolute atomic E-state index is 13.0. The van der Waals surface area contributed by atoms with Crippen molar-refractivity contribution in [1.82, 2.24) is 9.80 Å². The second-order valence-corrected chi connectivity index (χ2v) is 7.06. The average Bonchev–Trinajstić information content (AvgIpc) is 2.69. The molecule has 2 heterocycles. The third-order valence-corrected chi connectivity index (χ3v) is 5.30. The van der Waals surface area contributed by atoms with E-state index in [1.807, 2.05) is 31.3 Å². The molecule has 0 bridgehead atoms.